The van der Waals surface area contributed by atoms with Gasteiger partial charge in [-0.3, -0.25) is 4.79 Å². The van der Waals surface area contributed by atoms with Crippen LogP contribution in [0, 0.1) is 5.92 Å². The van der Waals surface area contributed by atoms with Crippen LogP contribution in [0.2, 0.25) is 0 Å². The molecule has 1 aromatic heterocycles. The molecule has 7 heteroatoms. The van der Waals surface area contributed by atoms with Crippen molar-refractivity contribution in [2.75, 3.05) is 0 Å². The molecule has 1 aliphatic carbocycles. The molecule has 0 bridgehead atoms. The number of aromatic nitrogens is 3. The highest BCUT2D eigenvalue weighted by Crippen LogP contribution is 2.33. The van der Waals surface area contributed by atoms with Gasteiger partial charge in [-0.1, -0.05) is 18.6 Å². The second-order valence-corrected chi connectivity index (χ2v) is 4.99. The van der Waals surface area contributed by atoms with E-state index < -0.39 is 17.7 Å². The molecule has 106 valence electrons. The van der Waals surface area contributed by atoms with Crippen LogP contribution in [-0.2, 0) is 0 Å². The fourth-order valence-corrected chi connectivity index (χ4v) is 2.52. The van der Waals surface area contributed by atoms with Crippen molar-refractivity contribution in [3.63, 3.8) is 0 Å². The van der Waals surface area contributed by atoms with Crippen molar-refractivity contribution in [2.45, 2.75) is 51.2 Å². The summed E-state index contributed by atoms with van der Waals surface area (Å²) < 4.78 is 38.2. The molecule has 1 saturated carbocycles. The van der Waals surface area contributed by atoms with E-state index in [0.717, 1.165) is 38.3 Å². The summed E-state index contributed by atoms with van der Waals surface area (Å²) in [4.78, 5) is 11.0. The number of halogens is 3. The van der Waals surface area contributed by atoms with Gasteiger partial charge in [-0.05, 0) is 31.6 Å². The van der Waals surface area contributed by atoms with Gasteiger partial charge in [0.15, 0.2) is 5.69 Å². The van der Waals surface area contributed by atoms with Gasteiger partial charge in [-0.25, -0.2) is 4.68 Å². The molecule has 1 fully saturated rings. The molecular weight excluding hydrogens is 259 g/mol. The standard InChI is InChI=1S/C12H16F3N3O/c1-2-8-3-5-9(6-4-8)18-7-10(16-17-18)11(19)12(13,14)15/h7-9H,2-6H2,1H3. The zero-order chi connectivity index (χ0) is 14.0. The van der Waals surface area contributed by atoms with Gasteiger partial charge in [0.1, 0.15) is 0 Å². The van der Waals surface area contributed by atoms with Gasteiger partial charge in [-0.2, -0.15) is 13.2 Å². The maximum Gasteiger partial charge on any atom is 0.456 e. The molecule has 0 atom stereocenters. The Hall–Kier alpha value is -1.40. The van der Waals surface area contributed by atoms with E-state index in [1.807, 2.05) is 0 Å². The van der Waals surface area contributed by atoms with E-state index in [0.29, 0.717) is 5.92 Å². The lowest BCUT2D eigenvalue weighted by molar-refractivity contribution is -0.0888. The van der Waals surface area contributed by atoms with Gasteiger partial charge in [0, 0.05) is 0 Å². The van der Waals surface area contributed by atoms with Crippen LogP contribution < -0.4 is 0 Å². The predicted octanol–water partition coefficient (Wildman–Crippen LogP) is 3.16. The molecule has 4 nitrogen and oxygen atoms in total. The first kappa shape index (κ1) is 14.0. The summed E-state index contributed by atoms with van der Waals surface area (Å²) in [5.41, 5.74) is -0.620. The van der Waals surface area contributed by atoms with E-state index in [1.165, 1.54) is 4.68 Å². The molecule has 0 spiro atoms. The van der Waals surface area contributed by atoms with Crippen LogP contribution in [0.1, 0.15) is 55.6 Å². The number of hydrogen-bond donors (Lipinski definition) is 0. The lowest BCUT2D eigenvalue weighted by atomic mass is 9.85. The van der Waals surface area contributed by atoms with E-state index in [4.69, 9.17) is 0 Å². The molecule has 0 aliphatic heterocycles. The number of Topliss-reactive ketones (excluding diaryl/α,β-unsaturated/α-hetero) is 1. The topological polar surface area (TPSA) is 47.8 Å². The third-order valence-corrected chi connectivity index (χ3v) is 3.77. The van der Waals surface area contributed by atoms with E-state index in [-0.39, 0.29) is 6.04 Å². The van der Waals surface area contributed by atoms with Crippen LogP contribution in [-0.4, -0.2) is 27.0 Å². The molecule has 0 aromatic carbocycles. The monoisotopic (exact) mass is 275 g/mol. The predicted molar refractivity (Wildman–Crippen MR) is 61.7 cm³/mol. The van der Waals surface area contributed by atoms with Crippen LogP contribution in [0.4, 0.5) is 13.2 Å². The first-order valence-electron chi connectivity index (χ1n) is 6.45. The summed E-state index contributed by atoms with van der Waals surface area (Å²) >= 11 is 0. The summed E-state index contributed by atoms with van der Waals surface area (Å²) in [6, 6.07) is 0.0603. The molecule has 19 heavy (non-hydrogen) atoms. The third kappa shape index (κ3) is 3.13. The normalized spacial score (nSPS) is 24.4. The summed E-state index contributed by atoms with van der Waals surface area (Å²) in [6.07, 6.45) is 1.20. The quantitative estimate of drug-likeness (QED) is 0.796. The third-order valence-electron chi connectivity index (χ3n) is 3.77. The fourth-order valence-electron chi connectivity index (χ4n) is 2.52. The van der Waals surface area contributed by atoms with Gasteiger partial charge in [0.05, 0.1) is 12.2 Å². The average molecular weight is 275 g/mol. The van der Waals surface area contributed by atoms with Crippen LogP contribution in [0.15, 0.2) is 6.20 Å². The van der Waals surface area contributed by atoms with Gasteiger partial charge < -0.3 is 0 Å². The minimum absolute atomic E-state index is 0.0603. The summed E-state index contributed by atoms with van der Waals surface area (Å²) in [7, 11) is 0. The van der Waals surface area contributed by atoms with Gasteiger partial charge in [-0.15, -0.1) is 5.10 Å². The molecule has 0 radical (unpaired) electrons. The summed E-state index contributed by atoms with van der Waals surface area (Å²) in [5.74, 6) is -1.24. The van der Waals surface area contributed by atoms with Gasteiger partial charge in [0.2, 0.25) is 0 Å². The Morgan fingerprint density at radius 1 is 1.37 bits per heavy atom. The number of rotatable bonds is 3. The zero-order valence-corrected chi connectivity index (χ0v) is 10.7. The maximum atomic E-state index is 12.3. The Kier molecular flexibility index (Phi) is 3.91. The molecule has 0 saturated heterocycles. The summed E-state index contributed by atoms with van der Waals surface area (Å²) in [5, 5.41) is 7.01. The number of hydrogen-bond acceptors (Lipinski definition) is 3. The van der Waals surface area contributed by atoms with Crippen molar-refractivity contribution in [3.8, 4) is 0 Å². The minimum atomic E-state index is -4.89. The first-order valence-corrected chi connectivity index (χ1v) is 6.45. The number of nitrogens with zero attached hydrogens (tertiary/aromatic N) is 3. The highest BCUT2D eigenvalue weighted by molar-refractivity contribution is 5.98. The SMILES string of the molecule is CCC1CCC(n2cc(C(=O)C(F)(F)F)nn2)CC1. The number of ketones is 1. The van der Waals surface area contributed by atoms with Crippen molar-refractivity contribution < 1.29 is 18.0 Å². The molecule has 0 unspecified atom stereocenters. The highest BCUT2D eigenvalue weighted by Gasteiger charge is 2.41. The van der Waals surface area contributed by atoms with E-state index in [9.17, 15) is 18.0 Å². The number of carbonyl (C=O) groups is 1. The average Bonchev–Trinajstić information content (AvgIpc) is 2.86. The second kappa shape index (κ2) is 5.30. The maximum absolute atomic E-state index is 12.3. The Morgan fingerprint density at radius 2 is 2.00 bits per heavy atom. The minimum Gasteiger partial charge on any atom is -0.282 e. The Morgan fingerprint density at radius 3 is 2.53 bits per heavy atom. The van der Waals surface area contributed by atoms with Crippen molar-refractivity contribution in [3.05, 3.63) is 11.9 Å². The van der Waals surface area contributed by atoms with Crippen LogP contribution >= 0.6 is 0 Å². The Labute approximate surface area is 109 Å². The van der Waals surface area contributed by atoms with Crippen molar-refractivity contribution in [2.24, 2.45) is 5.92 Å². The lowest BCUT2D eigenvalue weighted by Crippen LogP contribution is -2.23. The molecule has 2 rings (SSSR count). The van der Waals surface area contributed by atoms with Crippen LogP contribution in [0.5, 0.6) is 0 Å². The highest BCUT2D eigenvalue weighted by atomic mass is 19.4. The molecule has 0 N–H and O–H groups in total. The number of alkyl halides is 3. The van der Waals surface area contributed by atoms with Crippen LogP contribution in [0.25, 0.3) is 0 Å². The van der Waals surface area contributed by atoms with E-state index in [2.05, 4.69) is 17.2 Å². The van der Waals surface area contributed by atoms with Crippen LogP contribution in [0.3, 0.4) is 0 Å². The van der Waals surface area contributed by atoms with Crippen molar-refractivity contribution in [1.82, 2.24) is 15.0 Å². The van der Waals surface area contributed by atoms with E-state index in [1.54, 1.807) is 0 Å². The Bertz CT molecular complexity index is 447. The largest absolute Gasteiger partial charge is 0.456 e. The molecule has 1 heterocycles. The van der Waals surface area contributed by atoms with E-state index >= 15 is 0 Å². The number of carbonyl (C=O) groups excluding carboxylic acids is 1. The van der Waals surface area contributed by atoms with Gasteiger partial charge in [0.25, 0.3) is 5.78 Å². The molecule has 0 amide bonds. The zero-order valence-electron chi connectivity index (χ0n) is 10.7. The Balaban J connectivity index is 2.04. The molecular formula is C12H16F3N3O. The van der Waals surface area contributed by atoms with Crippen molar-refractivity contribution in [1.29, 1.82) is 0 Å². The molecule has 1 aromatic rings. The smallest absolute Gasteiger partial charge is 0.282 e. The molecule has 1 aliphatic rings. The first-order chi connectivity index (χ1) is 8.91. The second-order valence-electron chi connectivity index (χ2n) is 4.99. The van der Waals surface area contributed by atoms with Crippen molar-refractivity contribution >= 4 is 5.78 Å². The summed E-state index contributed by atoms with van der Waals surface area (Å²) in [6.45, 7) is 2.14. The lowest BCUT2D eigenvalue weighted by Gasteiger charge is -2.27. The van der Waals surface area contributed by atoms with Gasteiger partial charge >= 0.3 is 6.18 Å². The fraction of sp³-hybridized carbons (Fsp3) is 0.750.